The summed E-state index contributed by atoms with van der Waals surface area (Å²) in [7, 11) is 0. The number of hydrogen-bond donors (Lipinski definition) is 2. The topological polar surface area (TPSA) is 78.8 Å². The Balaban J connectivity index is 0.000000714. The van der Waals surface area contributed by atoms with E-state index in [4.69, 9.17) is 9.90 Å². The van der Waals surface area contributed by atoms with Crippen molar-refractivity contribution >= 4 is 40.6 Å². The Hall–Kier alpha value is -2.78. The molecular formula is C24H17F2N2NaO3S. The molecule has 0 aliphatic carbocycles. The second-order valence-electron chi connectivity index (χ2n) is 6.54. The van der Waals surface area contributed by atoms with Gasteiger partial charge in [-0.1, -0.05) is 24.3 Å². The molecule has 1 fully saturated rings. The van der Waals surface area contributed by atoms with Crippen LogP contribution >= 0.6 is 11.8 Å². The summed E-state index contributed by atoms with van der Waals surface area (Å²) >= 11 is 1.25. The van der Waals surface area contributed by atoms with Gasteiger partial charge >= 0.3 is 29.6 Å². The van der Waals surface area contributed by atoms with Crippen LogP contribution in [0.3, 0.4) is 0 Å². The van der Waals surface area contributed by atoms with Crippen LogP contribution in [-0.4, -0.2) is 22.2 Å². The molecule has 1 saturated heterocycles. The molecule has 162 valence electrons. The minimum atomic E-state index is -0.833. The Kier molecular flexibility index (Phi) is 9.99. The number of amidine groups is 1. The molecule has 4 rings (SSSR count). The van der Waals surface area contributed by atoms with Gasteiger partial charge < -0.3 is 10.4 Å². The third-order valence-corrected chi connectivity index (χ3v) is 4.90. The summed E-state index contributed by atoms with van der Waals surface area (Å²) in [6.45, 7) is 1.08. The predicted octanol–water partition coefficient (Wildman–Crippen LogP) is 2.42. The summed E-state index contributed by atoms with van der Waals surface area (Å²) in [4.78, 5) is 26.1. The first-order valence-corrected chi connectivity index (χ1v) is 10.1. The average molecular weight is 474 g/mol. The van der Waals surface area contributed by atoms with Crippen molar-refractivity contribution in [2.24, 2.45) is 4.99 Å². The molecule has 5 nitrogen and oxygen atoms in total. The first kappa shape index (κ1) is 26.5. The van der Waals surface area contributed by atoms with Gasteiger partial charge in [0.1, 0.15) is 11.6 Å². The van der Waals surface area contributed by atoms with Gasteiger partial charge in [0.2, 0.25) is 0 Å². The number of carboxylic acids is 1. The van der Waals surface area contributed by atoms with E-state index in [1.54, 1.807) is 54.6 Å². The van der Waals surface area contributed by atoms with Gasteiger partial charge in [-0.15, -0.1) is 12.1 Å². The molecule has 0 spiro atoms. The summed E-state index contributed by atoms with van der Waals surface area (Å²) in [5.74, 6) is -2.30. The molecule has 1 heterocycles. The van der Waals surface area contributed by atoms with E-state index in [1.807, 2.05) is 0 Å². The van der Waals surface area contributed by atoms with Crippen molar-refractivity contribution in [2.45, 2.75) is 6.92 Å². The number of thioether (sulfide) groups is 1. The predicted molar refractivity (Wildman–Crippen MR) is 121 cm³/mol. The molecule has 9 heteroatoms. The SMILES string of the molecule is CC(=O)O.O=C1NC(=Nc2cc[c-]cc2)SC1=Cc1ccc(-c2cc(F)cc(F)c2)cc1.[Na+]. The third-order valence-electron chi connectivity index (χ3n) is 3.99. The number of nitrogens with one attached hydrogen (secondary N) is 1. The molecule has 3 aromatic carbocycles. The number of benzene rings is 3. The van der Waals surface area contributed by atoms with Crippen LogP contribution in [0.2, 0.25) is 0 Å². The molecule has 1 aliphatic heterocycles. The Labute approximate surface area is 215 Å². The van der Waals surface area contributed by atoms with Gasteiger partial charge in [-0.25, -0.2) is 8.78 Å². The van der Waals surface area contributed by atoms with Crippen LogP contribution < -0.4 is 34.9 Å². The zero-order valence-corrected chi connectivity index (χ0v) is 20.6. The average Bonchev–Trinajstić information content (AvgIpc) is 3.07. The van der Waals surface area contributed by atoms with Gasteiger partial charge in [-0.05, 0) is 52.3 Å². The molecular weight excluding hydrogens is 457 g/mol. The maximum atomic E-state index is 13.4. The van der Waals surface area contributed by atoms with Crippen LogP contribution in [0.4, 0.5) is 14.5 Å². The van der Waals surface area contributed by atoms with Crippen LogP contribution in [0.25, 0.3) is 17.2 Å². The van der Waals surface area contributed by atoms with Crippen LogP contribution in [0.15, 0.2) is 76.6 Å². The largest absolute Gasteiger partial charge is 1.00 e. The van der Waals surface area contributed by atoms with Gasteiger partial charge in [0, 0.05) is 13.0 Å². The van der Waals surface area contributed by atoms with E-state index < -0.39 is 17.6 Å². The summed E-state index contributed by atoms with van der Waals surface area (Å²) in [5.41, 5.74) is 2.68. The fraction of sp³-hybridized carbons (Fsp3) is 0.0417. The number of carboxylic acid groups (broad SMARTS) is 1. The number of halogens is 2. The molecule has 0 unspecified atom stereocenters. The van der Waals surface area contributed by atoms with E-state index in [0.717, 1.165) is 24.2 Å². The van der Waals surface area contributed by atoms with Gasteiger partial charge in [0.05, 0.1) is 4.91 Å². The normalized spacial score (nSPS) is 14.8. The Bertz CT molecular complexity index is 1180. The second-order valence-corrected chi connectivity index (χ2v) is 7.57. The summed E-state index contributed by atoms with van der Waals surface area (Å²) in [6, 6.07) is 20.5. The maximum absolute atomic E-state index is 13.4. The smallest absolute Gasteiger partial charge is 0.481 e. The van der Waals surface area contributed by atoms with E-state index in [1.165, 1.54) is 23.9 Å². The molecule has 0 saturated carbocycles. The first-order valence-electron chi connectivity index (χ1n) is 9.32. The van der Waals surface area contributed by atoms with E-state index in [2.05, 4.69) is 16.4 Å². The minimum absolute atomic E-state index is 0. The van der Waals surface area contributed by atoms with E-state index in [9.17, 15) is 13.6 Å². The number of hydrogen-bond acceptors (Lipinski definition) is 4. The summed E-state index contributed by atoms with van der Waals surface area (Å²) in [5, 5.41) is 10.7. The van der Waals surface area contributed by atoms with Crippen molar-refractivity contribution in [1.82, 2.24) is 5.32 Å². The third kappa shape index (κ3) is 8.25. The van der Waals surface area contributed by atoms with Crippen molar-refractivity contribution in [2.75, 3.05) is 0 Å². The molecule has 0 bridgehead atoms. The van der Waals surface area contributed by atoms with Crippen molar-refractivity contribution in [3.05, 3.63) is 94.9 Å². The quantitative estimate of drug-likeness (QED) is 0.347. The number of carbonyl (C=O) groups excluding carboxylic acids is 1. The molecule has 0 atom stereocenters. The number of carbonyl (C=O) groups is 2. The first-order chi connectivity index (χ1) is 15.3. The minimum Gasteiger partial charge on any atom is -0.481 e. The zero-order valence-electron chi connectivity index (χ0n) is 17.8. The number of nitrogens with zero attached hydrogens (tertiary/aromatic N) is 1. The van der Waals surface area contributed by atoms with Crippen molar-refractivity contribution < 1.29 is 53.0 Å². The molecule has 0 radical (unpaired) electrons. The molecule has 1 aliphatic rings. The molecule has 33 heavy (non-hydrogen) atoms. The van der Waals surface area contributed by atoms with Crippen LogP contribution in [0.1, 0.15) is 12.5 Å². The summed E-state index contributed by atoms with van der Waals surface area (Å²) in [6.07, 6.45) is 1.75. The van der Waals surface area contributed by atoms with Gasteiger partial charge in [0.15, 0.2) is 5.17 Å². The van der Waals surface area contributed by atoms with E-state index >= 15 is 0 Å². The van der Waals surface area contributed by atoms with Crippen LogP contribution in [-0.2, 0) is 9.59 Å². The number of amides is 1. The van der Waals surface area contributed by atoms with Gasteiger partial charge in [0.25, 0.3) is 11.9 Å². The van der Waals surface area contributed by atoms with E-state index in [-0.39, 0.29) is 35.5 Å². The fourth-order valence-corrected chi connectivity index (χ4v) is 3.54. The molecule has 1 amide bonds. The van der Waals surface area contributed by atoms with Gasteiger partial charge in [-0.3, -0.25) is 14.6 Å². The van der Waals surface area contributed by atoms with E-state index in [0.29, 0.717) is 21.2 Å². The monoisotopic (exact) mass is 474 g/mol. The van der Waals surface area contributed by atoms with Crippen molar-refractivity contribution in [1.29, 1.82) is 0 Å². The maximum Gasteiger partial charge on any atom is 1.00 e. The standard InChI is InChI=1S/C22H13F2N2OS.C2H4O2.Na/c23-17-11-16(12-18(24)13-17)15-8-6-14(7-9-15)10-20-21(27)26-22(28-20)25-19-4-2-1-3-5-19;1-2(3)4;/h2-13H,(H,25,26,27);1H3,(H,3,4);/q-1;;+1. The Morgan fingerprint density at radius 1 is 1.03 bits per heavy atom. The number of rotatable bonds is 3. The summed E-state index contributed by atoms with van der Waals surface area (Å²) < 4.78 is 26.8. The number of aliphatic imine (C=N–C) groups is 1. The Morgan fingerprint density at radius 3 is 2.18 bits per heavy atom. The molecule has 2 N–H and O–H groups in total. The van der Waals surface area contributed by atoms with Crippen LogP contribution in [0.5, 0.6) is 0 Å². The van der Waals surface area contributed by atoms with Crippen molar-refractivity contribution in [3.63, 3.8) is 0 Å². The molecule has 0 aromatic heterocycles. The fourth-order valence-electron chi connectivity index (χ4n) is 2.69. The van der Waals surface area contributed by atoms with Crippen LogP contribution in [0, 0.1) is 17.7 Å². The second kappa shape index (κ2) is 12.5. The van der Waals surface area contributed by atoms with Gasteiger partial charge in [-0.2, -0.15) is 18.2 Å². The number of aliphatic carboxylic acids is 1. The van der Waals surface area contributed by atoms with Crippen molar-refractivity contribution in [3.8, 4) is 11.1 Å². The Morgan fingerprint density at radius 2 is 1.61 bits per heavy atom. The molecule has 3 aromatic rings. The zero-order chi connectivity index (χ0) is 23.1.